The van der Waals surface area contributed by atoms with Crippen LogP contribution in [0.5, 0.6) is 0 Å². The van der Waals surface area contributed by atoms with Crippen molar-refractivity contribution in [3.8, 4) is 0 Å². The van der Waals surface area contributed by atoms with E-state index >= 15 is 0 Å². The molecule has 2 aliphatic rings. The van der Waals surface area contributed by atoms with Crippen molar-refractivity contribution in [2.24, 2.45) is 16.6 Å². The number of ketones is 1. The summed E-state index contributed by atoms with van der Waals surface area (Å²) in [7, 11) is 0. The van der Waals surface area contributed by atoms with Crippen molar-refractivity contribution in [2.75, 3.05) is 6.54 Å². The van der Waals surface area contributed by atoms with Gasteiger partial charge in [-0.25, -0.2) is 0 Å². The van der Waals surface area contributed by atoms with E-state index in [2.05, 4.69) is 15.3 Å². The van der Waals surface area contributed by atoms with Crippen LogP contribution in [-0.2, 0) is 11.3 Å². The first-order valence-corrected chi connectivity index (χ1v) is 8.67. The number of hydrogen-bond donors (Lipinski definition) is 2. The zero-order valence-corrected chi connectivity index (χ0v) is 13.8. The number of Topliss-reactive ketones (excluding diaryl/α,β-unsaturated/α-hetero) is 1. The normalized spacial score (nSPS) is 22.2. The zero-order chi connectivity index (χ0) is 16.9. The Bertz CT molecular complexity index is 648. The minimum Gasteiger partial charge on any atom is -0.353 e. The van der Waals surface area contributed by atoms with Gasteiger partial charge in [0.15, 0.2) is 5.78 Å². The lowest BCUT2D eigenvalue weighted by molar-refractivity contribution is -0.121. The summed E-state index contributed by atoms with van der Waals surface area (Å²) in [6, 6.07) is 2.08. The first-order valence-electron chi connectivity index (χ1n) is 8.67. The summed E-state index contributed by atoms with van der Waals surface area (Å²) in [4.78, 5) is 32.5. The lowest BCUT2D eigenvalue weighted by Crippen LogP contribution is -2.38. The van der Waals surface area contributed by atoms with Crippen LogP contribution in [-0.4, -0.2) is 35.5 Å². The number of nitrogens with zero attached hydrogens (tertiary/aromatic N) is 2. The number of hydrogen-bond acceptors (Lipinski definition) is 5. The van der Waals surface area contributed by atoms with Crippen LogP contribution in [0.4, 0.5) is 0 Å². The number of rotatable bonds is 6. The van der Waals surface area contributed by atoms with E-state index < -0.39 is 0 Å². The highest BCUT2D eigenvalue weighted by atomic mass is 16.1. The predicted octanol–water partition coefficient (Wildman–Crippen LogP) is 1.61. The van der Waals surface area contributed by atoms with Crippen molar-refractivity contribution in [1.29, 1.82) is 0 Å². The standard InChI is InChI=1S/C18H24N4O2/c19-6-5-18(24)22-15-3-1-12(2-4-15)7-17(23)16-8-13-9-20-10-14(13)11-21-16/h8-9,11-12,15H,1-7,10,19H2,(H,22,24). The molecule has 0 bridgehead atoms. The highest BCUT2D eigenvalue weighted by Crippen LogP contribution is 2.28. The molecule has 128 valence electrons. The highest BCUT2D eigenvalue weighted by molar-refractivity contribution is 5.96. The number of pyridine rings is 1. The number of carbonyl (C=O) groups is 2. The number of amides is 1. The number of aromatic nitrogens is 1. The Hall–Kier alpha value is -2.08. The van der Waals surface area contributed by atoms with Gasteiger partial charge in [0, 0.05) is 49.0 Å². The summed E-state index contributed by atoms with van der Waals surface area (Å²) < 4.78 is 0. The molecule has 3 rings (SSSR count). The molecule has 1 aromatic rings. The summed E-state index contributed by atoms with van der Waals surface area (Å²) in [5.41, 5.74) is 8.03. The molecule has 3 N–H and O–H groups in total. The Morgan fingerprint density at radius 1 is 1.25 bits per heavy atom. The van der Waals surface area contributed by atoms with Crippen LogP contribution in [0.3, 0.4) is 0 Å². The Morgan fingerprint density at radius 2 is 2.04 bits per heavy atom. The molecule has 1 aliphatic heterocycles. The van der Waals surface area contributed by atoms with Crippen LogP contribution in [0.1, 0.15) is 60.1 Å². The van der Waals surface area contributed by atoms with E-state index in [0.29, 0.717) is 37.5 Å². The third kappa shape index (κ3) is 4.06. The molecule has 24 heavy (non-hydrogen) atoms. The van der Waals surface area contributed by atoms with Gasteiger partial charge in [-0.05, 0) is 37.7 Å². The Balaban J connectivity index is 1.48. The van der Waals surface area contributed by atoms with Gasteiger partial charge in [-0.3, -0.25) is 19.6 Å². The fourth-order valence-electron chi connectivity index (χ4n) is 3.45. The quantitative estimate of drug-likeness (QED) is 0.775. The monoisotopic (exact) mass is 328 g/mol. The molecule has 1 saturated carbocycles. The number of nitrogens with one attached hydrogen (secondary N) is 1. The molecule has 0 unspecified atom stereocenters. The minimum atomic E-state index is 0.0287. The third-order valence-electron chi connectivity index (χ3n) is 4.86. The zero-order valence-electron chi connectivity index (χ0n) is 13.8. The molecule has 1 amide bonds. The molecule has 1 fully saturated rings. The van der Waals surface area contributed by atoms with Crippen LogP contribution in [0.2, 0.25) is 0 Å². The highest BCUT2D eigenvalue weighted by Gasteiger charge is 2.25. The predicted molar refractivity (Wildman–Crippen MR) is 92.0 cm³/mol. The molecule has 0 spiro atoms. The van der Waals surface area contributed by atoms with Crippen LogP contribution in [0, 0.1) is 5.92 Å². The molecule has 2 heterocycles. The minimum absolute atomic E-state index is 0.0287. The second-order valence-electron chi connectivity index (χ2n) is 6.69. The number of aliphatic imine (C=N–C) groups is 1. The first kappa shape index (κ1) is 16.8. The van der Waals surface area contributed by atoms with Gasteiger partial charge in [-0.2, -0.15) is 0 Å². The van der Waals surface area contributed by atoms with Crippen molar-refractivity contribution in [3.63, 3.8) is 0 Å². The fraction of sp³-hybridized carbons (Fsp3) is 0.556. The summed E-state index contributed by atoms with van der Waals surface area (Å²) in [5.74, 6) is 0.513. The topological polar surface area (TPSA) is 97.4 Å². The lowest BCUT2D eigenvalue weighted by atomic mass is 9.82. The van der Waals surface area contributed by atoms with Crippen molar-refractivity contribution >= 4 is 17.9 Å². The Kier molecular flexibility index (Phi) is 5.35. The van der Waals surface area contributed by atoms with Gasteiger partial charge in [0.05, 0.1) is 6.54 Å². The van der Waals surface area contributed by atoms with Crippen LogP contribution < -0.4 is 11.1 Å². The molecule has 1 aromatic heterocycles. The van der Waals surface area contributed by atoms with Gasteiger partial charge in [0.25, 0.3) is 0 Å². The van der Waals surface area contributed by atoms with Crippen molar-refractivity contribution in [1.82, 2.24) is 10.3 Å². The maximum absolute atomic E-state index is 12.5. The van der Waals surface area contributed by atoms with Gasteiger partial charge in [-0.15, -0.1) is 0 Å². The second kappa shape index (κ2) is 7.66. The molecule has 0 saturated heterocycles. The SMILES string of the molecule is NCCC(=O)NC1CCC(CC(=O)c2cc3c(cn2)CN=C3)CC1. The maximum atomic E-state index is 12.5. The molecular weight excluding hydrogens is 304 g/mol. The van der Waals surface area contributed by atoms with Gasteiger partial charge in [0.2, 0.25) is 5.91 Å². The van der Waals surface area contributed by atoms with E-state index in [1.807, 2.05) is 12.3 Å². The van der Waals surface area contributed by atoms with E-state index in [9.17, 15) is 9.59 Å². The number of fused-ring (bicyclic) bond motifs is 1. The number of carbonyl (C=O) groups excluding carboxylic acids is 2. The van der Waals surface area contributed by atoms with Crippen LogP contribution in [0.15, 0.2) is 17.3 Å². The van der Waals surface area contributed by atoms with Crippen molar-refractivity contribution in [3.05, 3.63) is 29.1 Å². The molecule has 0 atom stereocenters. The summed E-state index contributed by atoms with van der Waals surface area (Å²) in [5, 5.41) is 3.02. The lowest BCUT2D eigenvalue weighted by Gasteiger charge is -2.28. The molecule has 0 aromatic carbocycles. The van der Waals surface area contributed by atoms with Gasteiger partial charge < -0.3 is 11.1 Å². The Morgan fingerprint density at radius 3 is 2.79 bits per heavy atom. The molecule has 0 radical (unpaired) electrons. The summed E-state index contributed by atoms with van der Waals surface area (Å²) in [6.07, 6.45) is 8.27. The van der Waals surface area contributed by atoms with Gasteiger partial charge in [-0.1, -0.05) is 0 Å². The first-order chi connectivity index (χ1) is 11.7. The van der Waals surface area contributed by atoms with Crippen LogP contribution >= 0.6 is 0 Å². The average Bonchev–Trinajstić information content (AvgIpc) is 3.04. The van der Waals surface area contributed by atoms with E-state index in [1.54, 1.807) is 6.20 Å². The third-order valence-corrected chi connectivity index (χ3v) is 4.86. The van der Waals surface area contributed by atoms with Crippen LogP contribution in [0.25, 0.3) is 0 Å². The molecule has 6 nitrogen and oxygen atoms in total. The fourth-order valence-corrected chi connectivity index (χ4v) is 3.45. The van der Waals surface area contributed by atoms with E-state index in [0.717, 1.165) is 36.8 Å². The second-order valence-corrected chi connectivity index (χ2v) is 6.69. The van der Waals surface area contributed by atoms with E-state index in [1.165, 1.54) is 0 Å². The number of nitrogens with two attached hydrogens (primary N) is 1. The van der Waals surface area contributed by atoms with E-state index in [4.69, 9.17) is 5.73 Å². The van der Waals surface area contributed by atoms with Gasteiger partial charge in [0.1, 0.15) is 5.69 Å². The summed E-state index contributed by atoms with van der Waals surface area (Å²) >= 11 is 0. The maximum Gasteiger partial charge on any atom is 0.221 e. The van der Waals surface area contributed by atoms with Crippen molar-refractivity contribution < 1.29 is 9.59 Å². The Labute approximate surface area is 141 Å². The molecule has 6 heteroatoms. The smallest absolute Gasteiger partial charge is 0.221 e. The largest absolute Gasteiger partial charge is 0.353 e. The molecule has 1 aliphatic carbocycles. The average molecular weight is 328 g/mol. The molecular formula is C18H24N4O2. The van der Waals surface area contributed by atoms with Gasteiger partial charge >= 0.3 is 0 Å². The van der Waals surface area contributed by atoms with E-state index in [-0.39, 0.29) is 17.7 Å². The summed E-state index contributed by atoms with van der Waals surface area (Å²) in [6.45, 7) is 1.05. The van der Waals surface area contributed by atoms with Crippen molar-refractivity contribution in [2.45, 2.75) is 51.1 Å².